The number of amides is 2. The molecule has 0 fully saturated rings. The van der Waals surface area contributed by atoms with E-state index in [9.17, 15) is 4.79 Å². The highest BCUT2D eigenvalue weighted by molar-refractivity contribution is 5.73. The lowest BCUT2D eigenvalue weighted by atomic mass is 10.1. The Labute approximate surface area is 127 Å². The van der Waals surface area contributed by atoms with Crippen molar-refractivity contribution < 1.29 is 14.3 Å². The van der Waals surface area contributed by atoms with Gasteiger partial charge in [0.15, 0.2) is 0 Å². The third-order valence-electron chi connectivity index (χ3n) is 2.89. The number of urea groups is 1. The molecule has 0 spiro atoms. The molecule has 21 heavy (non-hydrogen) atoms. The largest absolute Gasteiger partial charge is 0.497 e. The second kappa shape index (κ2) is 10.0. The maximum Gasteiger partial charge on any atom is 0.314 e. The van der Waals surface area contributed by atoms with Crippen LogP contribution in [-0.4, -0.2) is 38.9 Å². The van der Waals surface area contributed by atoms with E-state index in [1.165, 1.54) is 0 Å². The molecule has 1 aromatic carbocycles. The SMILES string of the molecule is COc1cccc(CCNC(=O)NCCCOC(C)C)c1. The van der Waals surface area contributed by atoms with Gasteiger partial charge in [-0.05, 0) is 44.4 Å². The smallest absolute Gasteiger partial charge is 0.314 e. The predicted molar refractivity (Wildman–Crippen MR) is 83.8 cm³/mol. The first-order chi connectivity index (χ1) is 10.1. The van der Waals surface area contributed by atoms with E-state index in [4.69, 9.17) is 9.47 Å². The van der Waals surface area contributed by atoms with Crippen LogP contribution in [0, 0.1) is 0 Å². The molecule has 0 saturated carbocycles. The zero-order chi connectivity index (χ0) is 15.5. The quantitative estimate of drug-likeness (QED) is 0.687. The first kappa shape index (κ1) is 17.3. The molecule has 118 valence electrons. The highest BCUT2D eigenvalue weighted by Crippen LogP contribution is 2.12. The number of hydrogen-bond donors (Lipinski definition) is 2. The minimum Gasteiger partial charge on any atom is -0.497 e. The van der Waals surface area contributed by atoms with Gasteiger partial charge in [-0.1, -0.05) is 12.1 Å². The standard InChI is InChI=1S/C16H26N2O3/c1-13(2)21-11-5-9-17-16(19)18-10-8-14-6-4-7-15(12-14)20-3/h4,6-7,12-13H,5,8-11H2,1-3H3,(H2,17,18,19). The molecule has 1 aromatic rings. The van der Waals surface area contributed by atoms with Crippen LogP contribution >= 0.6 is 0 Å². The van der Waals surface area contributed by atoms with Crippen molar-refractivity contribution in [3.63, 3.8) is 0 Å². The average Bonchev–Trinajstić information content (AvgIpc) is 2.47. The van der Waals surface area contributed by atoms with Crippen molar-refractivity contribution in [1.82, 2.24) is 10.6 Å². The highest BCUT2D eigenvalue weighted by atomic mass is 16.5. The molecule has 5 heteroatoms. The summed E-state index contributed by atoms with van der Waals surface area (Å²) in [6.07, 6.45) is 1.84. The van der Waals surface area contributed by atoms with Crippen LogP contribution in [0.25, 0.3) is 0 Å². The van der Waals surface area contributed by atoms with Crippen LogP contribution in [0.5, 0.6) is 5.75 Å². The summed E-state index contributed by atoms with van der Waals surface area (Å²) >= 11 is 0. The number of carbonyl (C=O) groups excluding carboxylic acids is 1. The summed E-state index contributed by atoms with van der Waals surface area (Å²) < 4.78 is 10.6. The van der Waals surface area contributed by atoms with Gasteiger partial charge in [-0.2, -0.15) is 0 Å². The van der Waals surface area contributed by atoms with E-state index in [0.717, 1.165) is 24.2 Å². The molecule has 2 N–H and O–H groups in total. The van der Waals surface area contributed by atoms with E-state index in [1.54, 1.807) is 7.11 Å². The zero-order valence-corrected chi connectivity index (χ0v) is 13.1. The molecule has 1 rings (SSSR count). The maximum atomic E-state index is 11.6. The fraction of sp³-hybridized carbons (Fsp3) is 0.562. The number of nitrogens with one attached hydrogen (secondary N) is 2. The van der Waals surface area contributed by atoms with Gasteiger partial charge in [0, 0.05) is 19.7 Å². The lowest BCUT2D eigenvalue weighted by molar-refractivity contribution is 0.0774. The molecule has 0 unspecified atom stereocenters. The van der Waals surface area contributed by atoms with Crippen molar-refractivity contribution >= 4 is 6.03 Å². The van der Waals surface area contributed by atoms with Crippen LogP contribution < -0.4 is 15.4 Å². The molecule has 0 heterocycles. The van der Waals surface area contributed by atoms with Crippen LogP contribution in [0.15, 0.2) is 24.3 Å². The number of carbonyl (C=O) groups is 1. The van der Waals surface area contributed by atoms with Gasteiger partial charge in [-0.15, -0.1) is 0 Å². The molecule has 0 bridgehead atoms. The molecular formula is C16H26N2O3. The van der Waals surface area contributed by atoms with Gasteiger partial charge >= 0.3 is 6.03 Å². The van der Waals surface area contributed by atoms with Crippen molar-refractivity contribution in [2.45, 2.75) is 32.8 Å². The summed E-state index contributed by atoms with van der Waals surface area (Å²) in [5.74, 6) is 0.835. The van der Waals surface area contributed by atoms with Crippen LogP contribution in [-0.2, 0) is 11.2 Å². The molecule has 0 radical (unpaired) electrons. The van der Waals surface area contributed by atoms with Crippen LogP contribution in [0.3, 0.4) is 0 Å². The lowest BCUT2D eigenvalue weighted by Crippen LogP contribution is -2.37. The van der Waals surface area contributed by atoms with Crippen molar-refractivity contribution in [2.75, 3.05) is 26.8 Å². The molecule has 0 atom stereocenters. The molecule has 0 aliphatic rings. The molecule has 0 saturated heterocycles. The predicted octanol–water partition coefficient (Wildman–Crippen LogP) is 2.35. The van der Waals surface area contributed by atoms with Gasteiger partial charge < -0.3 is 20.1 Å². The number of benzene rings is 1. The summed E-state index contributed by atoms with van der Waals surface area (Å²) in [7, 11) is 1.65. The summed E-state index contributed by atoms with van der Waals surface area (Å²) in [5, 5.41) is 5.65. The second-order valence-electron chi connectivity index (χ2n) is 5.06. The van der Waals surface area contributed by atoms with Crippen molar-refractivity contribution in [1.29, 1.82) is 0 Å². The topological polar surface area (TPSA) is 59.6 Å². The minimum absolute atomic E-state index is 0.137. The minimum atomic E-state index is -0.137. The zero-order valence-electron chi connectivity index (χ0n) is 13.1. The van der Waals surface area contributed by atoms with Gasteiger partial charge in [0.1, 0.15) is 5.75 Å². The maximum absolute atomic E-state index is 11.6. The fourth-order valence-electron chi connectivity index (χ4n) is 1.80. The Morgan fingerprint density at radius 2 is 2.00 bits per heavy atom. The van der Waals surface area contributed by atoms with Gasteiger partial charge in [-0.25, -0.2) is 4.79 Å². The summed E-state index contributed by atoms with van der Waals surface area (Å²) in [5.41, 5.74) is 1.14. The third kappa shape index (κ3) is 8.19. The molecule has 2 amide bonds. The van der Waals surface area contributed by atoms with Crippen molar-refractivity contribution in [3.05, 3.63) is 29.8 Å². The van der Waals surface area contributed by atoms with E-state index in [2.05, 4.69) is 10.6 Å². The monoisotopic (exact) mass is 294 g/mol. The summed E-state index contributed by atoms with van der Waals surface area (Å²) in [6, 6.07) is 7.71. The summed E-state index contributed by atoms with van der Waals surface area (Å²) in [4.78, 5) is 11.6. The highest BCUT2D eigenvalue weighted by Gasteiger charge is 2.01. The second-order valence-corrected chi connectivity index (χ2v) is 5.06. The normalized spacial score (nSPS) is 10.5. The molecule has 0 aromatic heterocycles. The van der Waals surface area contributed by atoms with Crippen LogP contribution in [0.2, 0.25) is 0 Å². The van der Waals surface area contributed by atoms with Gasteiger partial charge in [-0.3, -0.25) is 0 Å². The Morgan fingerprint density at radius 3 is 2.71 bits per heavy atom. The molecule has 0 aliphatic carbocycles. The van der Waals surface area contributed by atoms with E-state index in [-0.39, 0.29) is 12.1 Å². The van der Waals surface area contributed by atoms with E-state index >= 15 is 0 Å². The average molecular weight is 294 g/mol. The van der Waals surface area contributed by atoms with E-state index in [1.807, 2.05) is 38.1 Å². The van der Waals surface area contributed by atoms with Gasteiger partial charge in [0.2, 0.25) is 0 Å². The third-order valence-corrected chi connectivity index (χ3v) is 2.89. The Kier molecular flexibility index (Phi) is 8.28. The molecule has 0 aliphatic heterocycles. The Hall–Kier alpha value is -1.75. The van der Waals surface area contributed by atoms with Gasteiger partial charge in [0.05, 0.1) is 13.2 Å². The van der Waals surface area contributed by atoms with Crippen LogP contribution in [0.1, 0.15) is 25.8 Å². The van der Waals surface area contributed by atoms with Crippen LogP contribution in [0.4, 0.5) is 4.79 Å². The fourth-order valence-corrected chi connectivity index (χ4v) is 1.80. The van der Waals surface area contributed by atoms with Crippen molar-refractivity contribution in [3.8, 4) is 5.75 Å². The first-order valence-corrected chi connectivity index (χ1v) is 7.38. The van der Waals surface area contributed by atoms with E-state index < -0.39 is 0 Å². The lowest BCUT2D eigenvalue weighted by Gasteiger charge is -2.09. The summed E-state index contributed by atoms with van der Waals surface area (Å²) in [6.45, 7) is 5.89. The number of hydrogen-bond acceptors (Lipinski definition) is 3. The Balaban J connectivity index is 2.10. The van der Waals surface area contributed by atoms with Crippen molar-refractivity contribution in [2.24, 2.45) is 0 Å². The number of methoxy groups -OCH3 is 1. The number of ether oxygens (including phenoxy) is 2. The van der Waals surface area contributed by atoms with E-state index in [0.29, 0.717) is 19.7 Å². The first-order valence-electron chi connectivity index (χ1n) is 7.38. The molecule has 5 nitrogen and oxygen atoms in total. The number of rotatable bonds is 9. The van der Waals surface area contributed by atoms with Gasteiger partial charge in [0.25, 0.3) is 0 Å². The Morgan fingerprint density at radius 1 is 1.24 bits per heavy atom. The Bertz CT molecular complexity index is 422. The molecular weight excluding hydrogens is 268 g/mol.